The molecular weight excluding hydrogens is 456 g/mol. The zero-order valence-corrected chi connectivity index (χ0v) is 22.0. The summed E-state index contributed by atoms with van der Waals surface area (Å²) in [6.45, 7) is 9.80. The van der Waals surface area contributed by atoms with Gasteiger partial charge >= 0.3 is 0 Å². The van der Waals surface area contributed by atoms with Gasteiger partial charge in [0.1, 0.15) is 5.75 Å². The topological polar surface area (TPSA) is 52.0 Å². The minimum atomic E-state index is 0.306. The smallest absolute Gasteiger partial charge is 0.158 e. The van der Waals surface area contributed by atoms with Gasteiger partial charge in [0.15, 0.2) is 5.82 Å². The number of fused-ring (bicyclic) bond motifs is 1. The number of aryl methyl sites for hydroxylation is 3. The minimum absolute atomic E-state index is 0.306. The molecule has 0 aliphatic rings. The maximum absolute atomic E-state index is 5.64. The summed E-state index contributed by atoms with van der Waals surface area (Å²) in [5, 5.41) is 15.1. The first-order valence-corrected chi connectivity index (χ1v) is 13.0. The highest BCUT2D eigenvalue weighted by atomic mass is 16.5. The van der Waals surface area contributed by atoms with Gasteiger partial charge in [-0.05, 0) is 69.5 Å². The normalized spacial score (nSPS) is 11.3. The Morgan fingerprint density at radius 3 is 1.95 bits per heavy atom. The first-order valence-electron chi connectivity index (χ1n) is 13.0. The molecule has 5 rings (SSSR count). The summed E-state index contributed by atoms with van der Waals surface area (Å²) in [4.78, 5) is 0. The van der Waals surface area contributed by atoms with Crippen molar-refractivity contribution in [2.24, 2.45) is 0 Å². The zero-order chi connectivity index (χ0) is 25.8. The fraction of sp³-hybridized carbons (Fsp3) is 0.250. The highest BCUT2D eigenvalue weighted by Gasteiger charge is 2.20. The molecule has 3 aromatic carbocycles. The zero-order valence-electron chi connectivity index (χ0n) is 22.0. The van der Waals surface area contributed by atoms with E-state index in [0.29, 0.717) is 12.5 Å². The van der Waals surface area contributed by atoms with Crippen molar-refractivity contribution in [1.82, 2.24) is 14.8 Å². The lowest BCUT2D eigenvalue weighted by atomic mass is 9.88. The van der Waals surface area contributed by atoms with E-state index in [4.69, 9.17) is 4.74 Å². The van der Waals surface area contributed by atoms with Crippen LogP contribution in [-0.4, -0.2) is 27.9 Å². The molecule has 2 heterocycles. The molecule has 5 heteroatoms. The molecule has 37 heavy (non-hydrogen) atoms. The van der Waals surface area contributed by atoms with Crippen LogP contribution in [0.15, 0.2) is 84.9 Å². The number of anilines is 1. The molecule has 188 valence electrons. The summed E-state index contributed by atoms with van der Waals surface area (Å²) >= 11 is 0. The molecule has 5 nitrogen and oxygen atoms in total. The Balaban J connectivity index is 1.45. The summed E-state index contributed by atoms with van der Waals surface area (Å²) in [6, 6.07) is 29.7. The van der Waals surface area contributed by atoms with Crippen molar-refractivity contribution in [3.05, 3.63) is 113 Å². The van der Waals surface area contributed by atoms with Crippen molar-refractivity contribution in [3.8, 4) is 11.4 Å². The number of aromatic nitrogens is 3. The maximum Gasteiger partial charge on any atom is 0.158 e. The van der Waals surface area contributed by atoms with Crippen molar-refractivity contribution in [2.45, 2.75) is 40.0 Å². The van der Waals surface area contributed by atoms with Crippen molar-refractivity contribution in [1.29, 1.82) is 0 Å². The summed E-state index contributed by atoms with van der Waals surface area (Å²) in [6.07, 6.45) is 0.947. The number of benzene rings is 3. The van der Waals surface area contributed by atoms with Gasteiger partial charge in [0, 0.05) is 40.3 Å². The highest BCUT2D eigenvalue weighted by molar-refractivity contribution is 5.98. The Hall–Kier alpha value is -4.12. The van der Waals surface area contributed by atoms with Crippen LogP contribution in [0.3, 0.4) is 0 Å². The first kappa shape index (κ1) is 24.6. The maximum atomic E-state index is 5.64. The van der Waals surface area contributed by atoms with E-state index >= 15 is 0 Å². The lowest BCUT2D eigenvalue weighted by molar-refractivity contribution is 0.340. The summed E-state index contributed by atoms with van der Waals surface area (Å²) < 4.78 is 7.93. The SMILES string of the molecule is CCOc1ccc(-n2c(C)c3c(C)nnc(NCCC(c4ccccc4)c4ccccc4)c3c2C)cc1. The van der Waals surface area contributed by atoms with E-state index in [9.17, 15) is 0 Å². The van der Waals surface area contributed by atoms with Crippen LogP contribution in [0.4, 0.5) is 5.82 Å². The van der Waals surface area contributed by atoms with Crippen molar-refractivity contribution in [2.75, 3.05) is 18.5 Å². The molecule has 0 amide bonds. The number of nitrogens with one attached hydrogen (secondary N) is 1. The van der Waals surface area contributed by atoms with Crippen LogP contribution in [-0.2, 0) is 0 Å². The standard InChI is InChI=1S/C32H34N4O/c1-5-37-28-18-16-27(17-19-28)36-23(3)30-22(2)34-35-32(31(30)24(36)4)33-21-20-29(25-12-8-6-9-13-25)26-14-10-7-11-15-26/h6-19,29H,5,20-21H2,1-4H3,(H,33,35). The number of hydrogen-bond acceptors (Lipinski definition) is 4. The monoisotopic (exact) mass is 490 g/mol. The lowest BCUT2D eigenvalue weighted by Crippen LogP contribution is -2.11. The number of hydrogen-bond donors (Lipinski definition) is 1. The van der Waals surface area contributed by atoms with E-state index in [-0.39, 0.29) is 0 Å². The van der Waals surface area contributed by atoms with E-state index in [1.165, 1.54) is 16.8 Å². The third-order valence-corrected chi connectivity index (χ3v) is 7.08. The van der Waals surface area contributed by atoms with Gasteiger partial charge in [-0.1, -0.05) is 60.7 Å². The second-order valence-electron chi connectivity index (χ2n) is 9.41. The molecule has 1 N–H and O–H groups in total. The quantitative estimate of drug-likeness (QED) is 0.234. The van der Waals surface area contributed by atoms with Crippen molar-refractivity contribution >= 4 is 16.6 Å². The summed E-state index contributed by atoms with van der Waals surface area (Å²) in [5.41, 5.74) is 7.01. The second kappa shape index (κ2) is 10.9. The van der Waals surface area contributed by atoms with Gasteiger partial charge in [-0.3, -0.25) is 0 Å². The third-order valence-electron chi connectivity index (χ3n) is 7.08. The Morgan fingerprint density at radius 2 is 1.35 bits per heavy atom. The van der Waals surface area contributed by atoms with Gasteiger partial charge in [-0.25, -0.2) is 0 Å². The van der Waals surface area contributed by atoms with Crippen molar-refractivity contribution in [3.63, 3.8) is 0 Å². The molecule has 0 radical (unpaired) electrons. The van der Waals surface area contributed by atoms with Gasteiger partial charge in [-0.2, -0.15) is 5.10 Å². The van der Waals surface area contributed by atoms with Crippen molar-refractivity contribution < 1.29 is 4.74 Å². The third kappa shape index (κ3) is 4.94. The predicted octanol–water partition coefficient (Wildman–Crippen LogP) is 7.38. The van der Waals surface area contributed by atoms with Crippen LogP contribution >= 0.6 is 0 Å². The van der Waals surface area contributed by atoms with Crippen LogP contribution < -0.4 is 10.1 Å². The van der Waals surface area contributed by atoms with Gasteiger partial charge in [-0.15, -0.1) is 5.10 Å². The van der Waals surface area contributed by atoms with Gasteiger partial charge < -0.3 is 14.6 Å². The van der Waals surface area contributed by atoms with Crippen LogP contribution in [0.5, 0.6) is 5.75 Å². The number of rotatable bonds is 9. The van der Waals surface area contributed by atoms with Crippen LogP contribution in [0.2, 0.25) is 0 Å². The first-order chi connectivity index (χ1) is 18.1. The molecular formula is C32H34N4O. The average Bonchev–Trinajstić information content (AvgIpc) is 3.20. The lowest BCUT2D eigenvalue weighted by Gasteiger charge is -2.19. The summed E-state index contributed by atoms with van der Waals surface area (Å²) in [7, 11) is 0. The van der Waals surface area contributed by atoms with E-state index in [1.807, 2.05) is 26.0 Å². The van der Waals surface area contributed by atoms with Crippen LogP contribution in [0.25, 0.3) is 16.5 Å². The Morgan fingerprint density at radius 1 is 0.757 bits per heavy atom. The van der Waals surface area contributed by atoms with Crippen LogP contribution in [0.1, 0.15) is 47.5 Å². The number of ether oxygens (including phenoxy) is 1. The Bertz CT molecular complexity index is 1440. The van der Waals surface area contributed by atoms with E-state index < -0.39 is 0 Å². The molecule has 0 aliphatic carbocycles. The Kier molecular flexibility index (Phi) is 7.22. The van der Waals surface area contributed by atoms with Gasteiger partial charge in [0.25, 0.3) is 0 Å². The fourth-order valence-electron chi connectivity index (χ4n) is 5.39. The average molecular weight is 491 g/mol. The molecule has 0 aliphatic heterocycles. The molecule has 0 unspecified atom stereocenters. The van der Waals surface area contributed by atoms with Crippen LogP contribution in [0, 0.1) is 20.8 Å². The summed E-state index contributed by atoms with van der Waals surface area (Å²) in [5.74, 6) is 2.03. The fourth-order valence-corrected chi connectivity index (χ4v) is 5.39. The van der Waals surface area contributed by atoms with E-state index in [2.05, 4.69) is 107 Å². The Labute approximate surface area is 219 Å². The molecule has 0 bridgehead atoms. The molecule has 0 saturated heterocycles. The largest absolute Gasteiger partial charge is 0.494 e. The van der Waals surface area contributed by atoms with Gasteiger partial charge in [0.2, 0.25) is 0 Å². The predicted molar refractivity (Wildman–Crippen MR) is 152 cm³/mol. The van der Waals surface area contributed by atoms with E-state index in [0.717, 1.165) is 52.4 Å². The molecule has 0 atom stereocenters. The molecule has 5 aromatic rings. The minimum Gasteiger partial charge on any atom is -0.494 e. The van der Waals surface area contributed by atoms with E-state index in [1.54, 1.807) is 0 Å². The molecule has 2 aromatic heterocycles. The molecule has 0 fully saturated rings. The van der Waals surface area contributed by atoms with Gasteiger partial charge in [0.05, 0.1) is 12.3 Å². The molecule has 0 saturated carbocycles. The second-order valence-corrected chi connectivity index (χ2v) is 9.41. The molecule has 0 spiro atoms. The number of nitrogens with zero attached hydrogens (tertiary/aromatic N) is 3. The highest BCUT2D eigenvalue weighted by Crippen LogP contribution is 2.35.